The number of thioether (sulfide) groups is 1. The van der Waals surface area contributed by atoms with Gasteiger partial charge in [-0.2, -0.15) is 5.26 Å². The molecule has 3 saturated heterocycles. The lowest BCUT2D eigenvalue weighted by atomic mass is 10.00. The molecule has 1 unspecified atom stereocenters. The number of hydrogen-bond donors (Lipinski definition) is 20. The molecule has 0 radical (unpaired) electrons. The van der Waals surface area contributed by atoms with Crippen LogP contribution in [0.4, 0.5) is 0 Å². The number of guanidine groups is 1. The first-order valence-electron chi connectivity index (χ1n) is 45.0. The molecule has 728 valence electrons. The number of aliphatic hydroxyl groups excluding tert-OH is 2. The number of primary amides is 2. The molecule has 0 aliphatic carbocycles. The van der Waals surface area contributed by atoms with Crippen LogP contribution in [0.5, 0.6) is 0 Å². The summed E-state index contributed by atoms with van der Waals surface area (Å²) in [5, 5.41) is 70.5. The number of carbonyl (C=O) groups excluding carboxylic acids is 17. The molecule has 5 heterocycles. The Bertz CT molecular complexity index is 5100. The number of fused-ring (bicyclic) bond motifs is 4. The molecular weight excluding hydrogens is 1750 g/mol. The van der Waals surface area contributed by atoms with Crippen LogP contribution >= 0.6 is 11.8 Å². The Labute approximate surface area is 780 Å². The van der Waals surface area contributed by atoms with Crippen molar-refractivity contribution >= 4 is 140 Å². The van der Waals surface area contributed by atoms with Gasteiger partial charge in [0.25, 0.3) is 0 Å². The minimum atomic E-state index is -1.89. The number of benzene rings is 3. The zero-order valence-electron chi connectivity index (χ0n) is 76.7. The van der Waals surface area contributed by atoms with Crippen molar-refractivity contribution in [2.75, 3.05) is 72.0 Å². The van der Waals surface area contributed by atoms with Gasteiger partial charge in [-0.3, -0.25) is 86.9 Å². The van der Waals surface area contributed by atoms with E-state index in [1.807, 2.05) is 19.9 Å². The number of rotatable bonds is 26. The van der Waals surface area contributed by atoms with Gasteiger partial charge in [0, 0.05) is 119 Å². The van der Waals surface area contributed by atoms with Crippen LogP contribution in [-0.4, -0.2) is 314 Å². The number of aromatic nitrogens is 2. The third-order valence-electron chi connectivity index (χ3n) is 24.0. The molecular formula is C90H128N24O19S. The molecule has 44 heteroatoms. The average Bonchev–Trinajstić information content (AvgIpc) is 1.52. The highest BCUT2D eigenvalue weighted by Gasteiger charge is 2.47. The maximum absolute atomic E-state index is 15.7. The third-order valence-corrected chi connectivity index (χ3v) is 25.0. The molecule has 3 fully saturated rings. The second-order valence-electron chi connectivity index (χ2n) is 34.4. The Morgan fingerprint density at radius 3 is 1.72 bits per heavy atom. The monoisotopic (exact) mass is 1880 g/mol. The van der Waals surface area contributed by atoms with E-state index in [2.05, 4.69) is 68.5 Å². The van der Waals surface area contributed by atoms with Crippen LogP contribution in [0, 0.1) is 22.7 Å². The average molecular weight is 1880 g/mol. The molecule has 43 nitrogen and oxygen atoms in total. The normalized spacial score (nSPS) is 24.8. The minimum Gasteiger partial charge on any atom is -0.394 e. The SMILES string of the molecule is CCCC[C@H]1C(=O)N(C)[C@@H](CCCC)C(=O)N[C@@H](CCCNC(=N)N)C(=O)N[C@H](C(=O)NCC(N)=O)CSCC(=O)N[C@@H](Cc2cccc(C#N)c2)C(=O)N(C)[C@@H](C)C(=O)N[C@@H](CCC(N)=O)C(=O)N2CCC[C@H]2C(=O)N[C@@H](CN)C(=O)N[C@@H](CC(C)C)C(=O)N2C[C@H](O)CC2C(=O)N[C@@H](Cc2c[nH]c3ccccc23)C(=O)N[C@@H](CO)C(=O)N[C@@H](Cc2c[nH]c3ccccc23)C(=O)N1C. The largest absolute Gasteiger partial charge is 0.394 e. The van der Waals surface area contributed by atoms with Crippen LogP contribution in [0.25, 0.3) is 21.8 Å². The van der Waals surface area contributed by atoms with Gasteiger partial charge in [0.1, 0.15) is 84.6 Å². The van der Waals surface area contributed by atoms with Crippen molar-refractivity contribution < 1.29 is 91.7 Å². The Hall–Kier alpha value is -13.3. The summed E-state index contributed by atoms with van der Waals surface area (Å²) in [5.74, 6) is -17.6. The van der Waals surface area contributed by atoms with E-state index in [9.17, 15) is 63.4 Å². The molecule has 0 saturated carbocycles. The van der Waals surface area contributed by atoms with E-state index in [4.69, 9.17) is 28.3 Å². The van der Waals surface area contributed by atoms with Crippen LogP contribution in [0.1, 0.15) is 147 Å². The van der Waals surface area contributed by atoms with Crippen LogP contribution in [0.15, 0.2) is 85.2 Å². The number of likely N-dealkylation sites (N-methyl/N-ethyl adjacent to an activating group) is 3. The summed E-state index contributed by atoms with van der Waals surface area (Å²) in [4.78, 5) is 261. The van der Waals surface area contributed by atoms with Crippen LogP contribution < -0.4 is 81.4 Å². The first-order chi connectivity index (χ1) is 63.8. The molecule has 0 spiro atoms. The van der Waals surface area contributed by atoms with Gasteiger partial charge >= 0.3 is 0 Å². The van der Waals surface area contributed by atoms with E-state index >= 15 is 33.6 Å². The lowest BCUT2D eigenvalue weighted by Gasteiger charge is -2.36. The second kappa shape index (κ2) is 51.1. The Kier molecular flexibility index (Phi) is 40.4. The van der Waals surface area contributed by atoms with Crippen molar-refractivity contribution in [3.05, 3.63) is 107 Å². The van der Waals surface area contributed by atoms with Crippen molar-refractivity contribution in [2.24, 2.45) is 28.9 Å². The maximum atomic E-state index is 15.7. The molecule has 17 amide bonds. The van der Waals surface area contributed by atoms with E-state index in [1.165, 1.54) is 46.3 Å². The van der Waals surface area contributed by atoms with Gasteiger partial charge in [0.2, 0.25) is 100 Å². The highest BCUT2D eigenvalue weighted by molar-refractivity contribution is 8.00. The smallest absolute Gasteiger partial charge is 0.245 e. The number of carbonyl (C=O) groups is 17. The van der Waals surface area contributed by atoms with Gasteiger partial charge in [0.15, 0.2) is 5.96 Å². The summed E-state index contributed by atoms with van der Waals surface area (Å²) in [6.45, 7) is 5.46. The third kappa shape index (κ3) is 29.6. The zero-order valence-corrected chi connectivity index (χ0v) is 77.6. The summed E-state index contributed by atoms with van der Waals surface area (Å²) in [7, 11) is 3.91. The van der Waals surface area contributed by atoms with E-state index in [0.29, 0.717) is 64.2 Å². The number of nitriles is 1. The molecule has 15 atom stereocenters. The topological polar surface area (TPSA) is 662 Å². The summed E-state index contributed by atoms with van der Waals surface area (Å²) >= 11 is 0.759. The highest BCUT2D eigenvalue weighted by Crippen LogP contribution is 2.28. The van der Waals surface area contributed by atoms with Gasteiger partial charge in [0.05, 0.1) is 36.6 Å². The highest BCUT2D eigenvalue weighted by atomic mass is 32.2. The molecule has 8 rings (SSSR count). The first kappa shape index (κ1) is 106. The van der Waals surface area contributed by atoms with Crippen molar-refractivity contribution in [2.45, 2.75) is 234 Å². The molecule has 3 aliphatic rings. The van der Waals surface area contributed by atoms with Gasteiger partial charge in [-0.25, -0.2) is 0 Å². The van der Waals surface area contributed by atoms with E-state index < -0.39 is 248 Å². The lowest BCUT2D eigenvalue weighted by Crippen LogP contribution is -2.62. The van der Waals surface area contributed by atoms with E-state index in [1.54, 1.807) is 80.8 Å². The van der Waals surface area contributed by atoms with Gasteiger partial charge in [-0.1, -0.05) is 102 Å². The number of hydrogen-bond acceptors (Lipinski definition) is 23. The molecule has 3 aliphatic heterocycles. The summed E-state index contributed by atoms with van der Waals surface area (Å²) in [6, 6.07) is 0.444. The van der Waals surface area contributed by atoms with Gasteiger partial charge in [-0.05, 0) is 105 Å². The van der Waals surface area contributed by atoms with Crippen LogP contribution in [0.2, 0.25) is 0 Å². The Morgan fingerprint density at radius 1 is 0.567 bits per heavy atom. The lowest BCUT2D eigenvalue weighted by molar-refractivity contribution is -0.149. The standard InChI is InChI=1S/C90H128N24O19S/c1-9-11-27-69-82(126)102-60(26-18-32-97-90(95)96)78(122)109-68(77(121)100-44-74(94)118)47-134-48-75(119)101-64(36-51-20-17-21-52(35-51)40-91)85(129)110(6)50(5)76(120)103-61(30-31-73(93)117)87(131)113-33-19-29-70(113)83(127)107-66(41-92)80(124)105-63(34-49(3)4)88(132)114-45-55(116)39-72(114)84(128)104-62(37-53-42-98-58-24-15-13-22-56(53)58)79(123)108-67(46-115)81(125)106-65(38-54-43-99-59-25-16-14-23-57(54)59)86(130)112(8)71(28-12-10-2)89(133)111(69)7/h13-17,20-25,35,42-43,49-50,55,60-72,98-99,115-116H,9-12,18-19,26-34,36-39,41,44-48,92H2,1-8H3,(H2,93,117)(H2,94,118)(H,100,121)(H,101,119)(H,102,126)(H,103,120)(H,104,128)(H,105,124)(H,106,125)(H,107,127)(H,108,123)(H,109,122)(H4,95,96,97)/t50-,55+,60-,61-,62-,63-,64-,65-,66-,67-,68-,69-,70-,71-,72?/m0/s1. The van der Waals surface area contributed by atoms with E-state index in [0.717, 1.165) is 36.3 Å². The first-order valence-corrected chi connectivity index (χ1v) is 46.2. The number of aliphatic hydroxyl groups is 2. The Morgan fingerprint density at radius 2 is 1.11 bits per heavy atom. The summed E-state index contributed by atoms with van der Waals surface area (Å²) in [6.07, 6.45) is 1.22. The number of aromatic amines is 2. The number of H-pyrrole nitrogens is 2. The fourth-order valence-electron chi connectivity index (χ4n) is 16.5. The fraction of sp³-hybridized carbons (Fsp3) is 0.544. The quantitative estimate of drug-likeness (QED) is 0.0146. The molecule has 5 aromatic rings. The van der Waals surface area contributed by atoms with Crippen LogP contribution in [-0.2, 0) is 101 Å². The minimum absolute atomic E-state index is 0.00420. The van der Waals surface area contributed by atoms with Crippen molar-refractivity contribution in [3.63, 3.8) is 0 Å². The zero-order chi connectivity index (χ0) is 98.3. The molecule has 0 bridgehead atoms. The number of nitrogens with zero attached hydrogens (tertiary/aromatic N) is 6. The van der Waals surface area contributed by atoms with Crippen molar-refractivity contribution in [1.82, 2.24) is 93.0 Å². The van der Waals surface area contributed by atoms with Crippen molar-refractivity contribution in [3.8, 4) is 6.07 Å². The fourth-order valence-corrected chi connectivity index (χ4v) is 17.3. The predicted molar refractivity (Wildman–Crippen MR) is 494 cm³/mol. The number of para-hydroxylation sites is 2. The second-order valence-corrected chi connectivity index (χ2v) is 35.4. The molecule has 2 aromatic heterocycles. The van der Waals surface area contributed by atoms with Crippen molar-refractivity contribution in [1.29, 1.82) is 10.7 Å². The maximum Gasteiger partial charge on any atom is 0.245 e. The number of amides is 17. The summed E-state index contributed by atoms with van der Waals surface area (Å²) in [5.41, 5.74) is 25.7. The number of nitrogens with two attached hydrogens (primary N) is 4. The Balaban J connectivity index is 1.19. The molecule has 134 heavy (non-hydrogen) atoms. The number of nitrogens with one attached hydrogen (secondary N) is 14. The number of unbranched alkanes of at least 4 members (excludes halogenated alkanes) is 2. The summed E-state index contributed by atoms with van der Waals surface area (Å²) < 4.78 is 0. The molecule has 24 N–H and O–H groups in total. The molecule has 3 aromatic carbocycles. The van der Waals surface area contributed by atoms with Crippen LogP contribution in [0.3, 0.4) is 0 Å². The predicted octanol–water partition coefficient (Wildman–Crippen LogP) is -3.38. The van der Waals surface area contributed by atoms with E-state index in [-0.39, 0.29) is 95.2 Å². The van der Waals surface area contributed by atoms with Gasteiger partial charge in [-0.15, -0.1) is 11.8 Å². The van der Waals surface area contributed by atoms with Gasteiger partial charge < -0.3 is 126 Å².